The summed E-state index contributed by atoms with van der Waals surface area (Å²) in [7, 11) is 0. The van der Waals surface area contributed by atoms with Crippen molar-refractivity contribution in [1.29, 1.82) is 0 Å². The Morgan fingerprint density at radius 3 is 2.35 bits per heavy atom. The van der Waals surface area contributed by atoms with Crippen LogP contribution in [0.2, 0.25) is 5.02 Å². The van der Waals surface area contributed by atoms with Gasteiger partial charge in [-0.2, -0.15) is 0 Å². The Kier molecular flexibility index (Phi) is 4.54. The topological polar surface area (TPSA) is 24.9 Å². The van der Waals surface area contributed by atoms with Crippen molar-refractivity contribution in [3.8, 4) is 0 Å². The minimum absolute atomic E-state index is 0.783. The molecule has 2 nitrogen and oxygen atoms in total. The maximum Gasteiger partial charge on any atom is 0.0406 e. The maximum atomic E-state index is 5.83. The van der Waals surface area contributed by atoms with E-state index in [2.05, 4.69) is 10.3 Å². The SMILES string of the molecule is Clc1ccc(CNCCc2ccncc2)cc1. The molecule has 17 heavy (non-hydrogen) atoms. The fraction of sp³-hybridized carbons (Fsp3) is 0.214. The number of rotatable bonds is 5. The first kappa shape index (κ1) is 12.1. The summed E-state index contributed by atoms with van der Waals surface area (Å²) in [6.45, 7) is 1.84. The van der Waals surface area contributed by atoms with E-state index >= 15 is 0 Å². The Balaban J connectivity index is 1.71. The molecule has 1 N–H and O–H groups in total. The van der Waals surface area contributed by atoms with Gasteiger partial charge in [0.2, 0.25) is 0 Å². The molecule has 0 aliphatic heterocycles. The van der Waals surface area contributed by atoms with Crippen molar-refractivity contribution in [3.05, 3.63) is 64.9 Å². The Hall–Kier alpha value is -1.38. The van der Waals surface area contributed by atoms with Crippen LogP contribution in [0.5, 0.6) is 0 Å². The van der Waals surface area contributed by atoms with Crippen LogP contribution >= 0.6 is 11.6 Å². The highest BCUT2D eigenvalue weighted by molar-refractivity contribution is 6.30. The lowest BCUT2D eigenvalue weighted by atomic mass is 10.2. The molecule has 1 aromatic heterocycles. The largest absolute Gasteiger partial charge is 0.312 e. The number of halogens is 1. The summed E-state index contributed by atoms with van der Waals surface area (Å²) in [5, 5.41) is 4.19. The van der Waals surface area contributed by atoms with Crippen LogP contribution in [0.15, 0.2) is 48.8 Å². The van der Waals surface area contributed by atoms with Gasteiger partial charge in [0.1, 0.15) is 0 Å². The average Bonchev–Trinajstić information content (AvgIpc) is 2.38. The molecular formula is C14H15ClN2. The summed E-state index contributed by atoms with van der Waals surface area (Å²) in [5.41, 5.74) is 2.56. The van der Waals surface area contributed by atoms with E-state index < -0.39 is 0 Å². The summed E-state index contributed by atoms with van der Waals surface area (Å²) < 4.78 is 0. The second kappa shape index (κ2) is 6.38. The minimum atomic E-state index is 0.783. The smallest absolute Gasteiger partial charge is 0.0406 e. The highest BCUT2D eigenvalue weighted by atomic mass is 35.5. The van der Waals surface area contributed by atoms with E-state index in [1.807, 2.05) is 48.8 Å². The lowest BCUT2D eigenvalue weighted by molar-refractivity contribution is 0.686. The second-order valence-electron chi connectivity index (χ2n) is 3.91. The fourth-order valence-electron chi connectivity index (χ4n) is 1.62. The number of benzene rings is 1. The molecule has 0 unspecified atom stereocenters. The fourth-order valence-corrected chi connectivity index (χ4v) is 1.74. The van der Waals surface area contributed by atoms with Crippen molar-refractivity contribution < 1.29 is 0 Å². The van der Waals surface area contributed by atoms with Crippen LogP contribution in [-0.4, -0.2) is 11.5 Å². The molecule has 1 aromatic carbocycles. The van der Waals surface area contributed by atoms with Crippen LogP contribution < -0.4 is 5.32 Å². The van der Waals surface area contributed by atoms with E-state index in [0.717, 1.165) is 24.5 Å². The maximum absolute atomic E-state index is 5.83. The van der Waals surface area contributed by atoms with E-state index in [1.165, 1.54) is 11.1 Å². The molecule has 0 bridgehead atoms. The highest BCUT2D eigenvalue weighted by Gasteiger charge is 1.94. The Bertz CT molecular complexity index is 440. The van der Waals surface area contributed by atoms with Gasteiger partial charge in [0.25, 0.3) is 0 Å². The third-order valence-corrected chi connectivity index (χ3v) is 2.83. The molecule has 2 aromatic rings. The van der Waals surface area contributed by atoms with Gasteiger partial charge in [0.15, 0.2) is 0 Å². The van der Waals surface area contributed by atoms with Crippen molar-refractivity contribution in [2.75, 3.05) is 6.54 Å². The predicted molar refractivity (Wildman–Crippen MR) is 71.1 cm³/mol. The van der Waals surface area contributed by atoms with Crippen LogP contribution in [-0.2, 0) is 13.0 Å². The van der Waals surface area contributed by atoms with E-state index in [0.29, 0.717) is 0 Å². The summed E-state index contributed by atoms with van der Waals surface area (Å²) in [5.74, 6) is 0. The van der Waals surface area contributed by atoms with E-state index in [9.17, 15) is 0 Å². The van der Waals surface area contributed by atoms with Crippen LogP contribution in [0.25, 0.3) is 0 Å². The molecule has 88 valence electrons. The zero-order valence-corrected chi connectivity index (χ0v) is 10.3. The zero-order chi connectivity index (χ0) is 11.9. The van der Waals surface area contributed by atoms with Crippen molar-refractivity contribution in [3.63, 3.8) is 0 Å². The van der Waals surface area contributed by atoms with Crippen LogP contribution in [0.3, 0.4) is 0 Å². The zero-order valence-electron chi connectivity index (χ0n) is 9.57. The van der Waals surface area contributed by atoms with Gasteiger partial charge in [-0.1, -0.05) is 23.7 Å². The molecule has 0 saturated heterocycles. The van der Waals surface area contributed by atoms with Gasteiger partial charge >= 0.3 is 0 Å². The summed E-state index contributed by atoms with van der Waals surface area (Å²) in [4.78, 5) is 4.00. The molecule has 0 amide bonds. The minimum Gasteiger partial charge on any atom is -0.312 e. The number of hydrogen-bond donors (Lipinski definition) is 1. The van der Waals surface area contributed by atoms with Gasteiger partial charge in [-0.15, -0.1) is 0 Å². The van der Waals surface area contributed by atoms with Crippen LogP contribution in [0.4, 0.5) is 0 Å². The van der Waals surface area contributed by atoms with Gasteiger partial charge in [-0.3, -0.25) is 4.98 Å². The summed E-state index contributed by atoms with van der Waals surface area (Å²) in [6.07, 6.45) is 4.68. The van der Waals surface area contributed by atoms with Crippen molar-refractivity contribution in [2.45, 2.75) is 13.0 Å². The standard InChI is InChI=1S/C14H15ClN2/c15-14-3-1-13(2-4-14)11-17-10-7-12-5-8-16-9-6-12/h1-6,8-9,17H,7,10-11H2. The van der Waals surface area contributed by atoms with Gasteiger partial charge in [0, 0.05) is 24.0 Å². The van der Waals surface area contributed by atoms with E-state index in [4.69, 9.17) is 11.6 Å². The summed E-state index contributed by atoms with van der Waals surface area (Å²) >= 11 is 5.83. The molecule has 0 spiro atoms. The van der Waals surface area contributed by atoms with Crippen molar-refractivity contribution in [2.24, 2.45) is 0 Å². The molecule has 3 heteroatoms. The predicted octanol–water partition coefficient (Wildman–Crippen LogP) is 3.07. The van der Waals surface area contributed by atoms with Crippen molar-refractivity contribution >= 4 is 11.6 Å². The van der Waals surface area contributed by atoms with Crippen LogP contribution in [0.1, 0.15) is 11.1 Å². The molecule has 1 heterocycles. The van der Waals surface area contributed by atoms with Gasteiger partial charge < -0.3 is 5.32 Å². The molecule has 0 atom stereocenters. The lowest BCUT2D eigenvalue weighted by Crippen LogP contribution is -2.16. The highest BCUT2D eigenvalue weighted by Crippen LogP contribution is 2.09. The number of nitrogens with one attached hydrogen (secondary N) is 1. The number of hydrogen-bond acceptors (Lipinski definition) is 2. The summed E-state index contributed by atoms with van der Waals surface area (Å²) in [6, 6.07) is 12.0. The first-order chi connectivity index (χ1) is 8.34. The number of pyridine rings is 1. The number of aromatic nitrogens is 1. The Morgan fingerprint density at radius 2 is 1.65 bits per heavy atom. The molecule has 0 saturated carbocycles. The van der Waals surface area contributed by atoms with E-state index in [1.54, 1.807) is 0 Å². The monoisotopic (exact) mass is 246 g/mol. The number of nitrogens with zero attached hydrogens (tertiary/aromatic N) is 1. The van der Waals surface area contributed by atoms with Crippen LogP contribution in [0, 0.1) is 0 Å². The molecule has 0 aliphatic rings. The van der Waals surface area contributed by atoms with E-state index in [-0.39, 0.29) is 0 Å². The van der Waals surface area contributed by atoms with Crippen molar-refractivity contribution in [1.82, 2.24) is 10.3 Å². The Labute approximate surface area is 107 Å². The molecule has 0 radical (unpaired) electrons. The third kappa shape index (κ3) is 4.17. The molecular weight excluding hydrogens is 232 g/mol. The first-order valence-corrected chi connectivity index (χ1v) is 6.06. The quantitative estimate of drug-likeness (QED) is 0.821. The van der Waals surface area contributed by atoms with Gasteiger partial charge in [-0.05, 0) is 48.4 Å². The van der Waals surface area contributed by atoms with Gasteiger partial charge in [-0.25, -0.2) is 0 Å². The Morgan fingerprint density at radius 1 is 0.941 bits per heavy atom. The normalized spacial score (nSPS) is 10.4. The average molecular weight is 247 g/mol. The molecule has 0 aliphatic carbocycles. The lowest BCUT2D eigenvalue weighted by Gasteiger charge is -2.05. The first-order valence-electron chi connectivity index (χ1n) is 5.68. The molecule has 2 rings (SSSR count). The van der Waals surface area contributed by atoms with Gasteiger partial charge in [0.05, 0.1) is 0 Å². The second-order valence-corrected chi connectivity index (χ2v) is 4.35. The third-order valence-electron chi connectivity index (χ3n) is 2.58. The molecule has 0 fully saturated rings.